The second kappa shape index (κ2) is 49.1. The fourth-order valence-corrected chi connectivity index (χ4v) is 8.20. The van der Waals surface area contributed by atoms with Gasteiger partial charge in [0.05, 0.1) is 25.2 Å². The molecule has 0 fully saturated rings. The highest BCUT2D eigenvalue weighted by Gasteiger charge is 2.24. The van der Waals surface area contributed by atoms with E-state index in [1.807, 2.05) is 0 Å². The van der Waals surface area contributed by atoms with Crippen LogP contribution in [0.15, 0.2) is 36.5 Å². The number of carbonyl (C=O) groups excluding carboxylic acids is 2. The van der Waals surface area contributed by atoms with Gasteiger partial charge in [-0.2, -0.15) is 0 Å². The van der Waals surface area contributed by atoms with Crippen molar-refractivity contribution in [1.82, 2.24) is 5.32 Å². The highest BCUT2D eigenvalue weighted by atomic mass is 16.5. The van der Waals surface area contributed by atoms with Gasteiger partial charge in [-0.3, -0.25) is 9.59 Å². The summed E-state index contributed by atoms with van der Waals surface area (Å²) in [6.45, 7) is 6.47. The Bertz CT molecular complexity index is 1010. The molecule has 0 aliphatic heterocycles. The molecule has 0 aliphatic rings. The highest BCUT2D eigenvalue weighted by Crippen LogP contribution is 2.18. The monoisotopic (exact) mass is 858 g/mol. The Morgan fingerprint density at radius 2 is 0.836 bits per heavy atom. The standard InChI is InChI=1S/C55H103NO5/c1-4-7-10-13-16-19-22-24-26-28-29-32-34-37-40-43-46-51(61-55(60)48-45-42-39-36-31-21-18-15-12-9-6-3)49-54(59)56-52(50-57)53(58)47-44-41-38-35-33-30-27-25-23-20-17-14-11-8-5-2/h22,24,26,28-29,32,51-53,57-58H,4-21,23,25,27,30-31,33-50H2,1-3H3,(H,56,59)/b24-22+,28-26+,32-29+. The predicted octanol–water partition coefficient (Wildman–Crippen LogP) is 16.1. The van der Waals surface area contributed by atoms with E-state index in [0.29, 0.717) is 19.3 Å². The van der Waals surface area contributed by atoms with E-state index in [2.05, 4.69) is 62.5 Å². The zero-order chi connectivity index (χ0) is 44.5. The number of rotatable bonds is 48. The van der Waals surface area contributed by atoms with Gasteiger partial charge in [0.15, 0.2) is 0 Å². The van der Waals surface area contributed by atoms with Crippen molar-refractivity contribution in [3.8, 4) is 0 Å². The molecule has 3 atom stereocenters. The smallest absolute Gasteiger partial charge is 0.306 e. The lowest BCUT2D eigenvalue weighted by molar-refractivity contribution is -0.151. The number of esters is 1. The fourth-order valence-electron chi connectivity index (χ4n) is 8.20. The first kappa shape index (κ1) is 59.1. The van der Waals surface area contributed by atoms with Gasteiger partial charge in [-0.05, 0) is 51.4 Å². The van der Waals surface area contributed by atoms with Crippen molar-refractivity contribution >= 4 is 11.9 Å². The first-order chi connectivity index (χ1) is 30.0. The first-order valence-electron chi connectivity index (χ1n) is 26.7. The lowest BCUT2D eigenvalue weighted by atomic mass is 10.0. The second-order valence-corrected chi connectivity index (χ2v) is 18.3. The molecular formula is C55H103NO5. The summed E-state index contributed by atoms with van der Waals surface area (Å²) in [5.74, 6) is -0.497. The van der Waals surface area contributed by atoms with E-state index in [0.717, 1.165) is 70.6 Å². The van der Waals surface area contributed by atoms with Crippen LogP contribution in [0.2, 0.25) is 0 Å². The molecule has 1 amide bonds. The normalized spacial score (nSPS) is 13.5. The molecule has 0 radical (unpaired) electrons. The minimum Gasteiger partial charge on any atom is -0.462 e. The molecule has 0 bridgehead atoms. The molecule has 0 aromatic heterocycles. The molecule has 0 aromatic rings. The number of amides is 1. The van der Waals surface area contributed by atoms with Gasteiger partial charge in [-0.1, -0.05) is 250 Å². The summed E-state index contributed by atoms with van der Waals surface area (Å²) < 4.78 is 5.92. The van der Waals surface area contributed by atoms with E-state index < -0.39 is 18.2 Å². The van der Waals surface area contributed by atoms with Gasteiger partial charge in [0.1, 0.15) is 6.10 Å². The zero-order valence-corrected chi connectivity index (χ0v) is 40.8. The van der Waals surface area contributed by atoms with Crippen molar-refractivity contribution in [3.05, 3.63) is 36.5 Å². The third-order valence-corrected chi connectivity index (χ3v) is 12.3. The van der Waals surface area contributed by atoms with E-state index in [1.54, 1.807) is 0 Å². The lowest BCUT2D eigenvalue weighted by Crippen LogP contribution is -2.46. The van der Waals surface area contributed by atoms with Crippen molar-refractivity contribution in [2.75, 3.05) is 6.61 Å². The molecular weight excluding hydrogens is 755 g/mol. The number of unbranched alkanes of at least 4 members (excludes halogenated alkanes) is 32. The fraction of sp³-hybridized carbons (Fsp3) is 0.855. The zero-order valence-electron chi connectivity index (χ0n) is 40.8. The quantitative estimate of drug-likeness (QED) is 0.0322. The maximum atomic E-state index is 13.2. The van der Waals surface area contributed by atoms with Crippen LogP contribution in [0, 0.1) is 0 Å². The van der Waals surface area contributed by atoms with Crippen LogP contribution in [0.1, 0.15) is 278 Å². The molecule has 358 valence electrons. The minimum absolute atomic E-state index is 0.0587. The molecule has 0 aliphatic carbocycles. The predicted molar refractivity (Wildman–Crippen MR) is 264 cm³/mol. The molecule has 6 nitrogen and oxygen atoms in total. The van der Waals surface area contributed by atoms with Gasteiger partial charge in [0.2, 0.25) is 5.91 Å². The molecule has 0 rings (SSSR count). The van der Waals surface area contributed by atoms with Crippen LogP contribution < -0.4 is 5.32 Å². The van der Waals surface area contributed by atoms with Crippen LogP contribution in [-0.4, -0.2) is 46.9 Å². The average Bonchev–Trinajstić information content (AvgIpc) is 3.25. The van der Waals surface area contributed by atoms with Crippen molar-refractivity contribution in [1.29, 1.82) is 0 Å². The lowest BCUT2D eigenvalue weighted by Gasteiger charge is -2.24. The summed E-state index contributed by atoms with van der Waals surface area (Å²) in [7, 11) is 0. The van der Waals surface area contributed by atoms with Gasteiger partial charge in [-0.25, -0.2) is 0 Å². The Morgan fingerprint density at radius 1 is 0.475 bits per heavy atom. The van der Waals surface area contributed by atoms with Gasteiger partial charge in [-0.15, -0.1) is 0 Å². The van der Waals surface area contributed by atoms with E-state index in [4.69, 9.17) is 4.74 Å². The first-order valence-corrected chi connectivity index (χ1v) is 26.7. The topological polar surface area (TPSA) is 95.9 Å². The maximum absolute atomic E-state index is 13.2. The number of ether oxygens (including phenoxy) is 1. The summed E-state index contributed by atoms with van der Waals surface area (Å²) in [4.78, 5) is 26.1. The van der Waals surface area contributed by atoms with Gasteiger partial charge < -0.3 is 20.3 Å². The molecule has 0 heterocycles. The Balaban J connectivity index is 4.60. The van der Waals surface area contributed by atoms with E-state index in [9.17, 15) is 19.8 Å². The molecule has 0 spiro atoms. The Hall–Kier alpha value is -1.92. The number of hydrogen-bond acceptors (Lipinski definition) is 5. The summed E-state index contributed by atoms with van der Waals surface area (Å²) in [6, 6.07) is -0.710. The van der Waals surface area contributed by atoms with E-state index >= 15 is 0 Å². The molecule has 61 heavy (non-hydrogen) atoms. The molecule has 0 aromatic carbocycles. The van der Waals surface area contributed by atoms with Gasteiger partial charge >= 0.3 is 5.97 Å². The number of nitrogens with one attached hydrogen (secondary N) is 1. The summed E-state index contributed by atoms with van der Waals surface area (Å²) >= 11 is 0. The number of aliphatic hydroxyl groups is 2. The third kappa shape index (κ3) is 44.5. The van der Waals surface area contributed by atoms with Gasteiger partial charge in [0.25, 0.3) is 0 Å². The summed E-state index contributed by atoms with van der Waals surface area (Å²) in [6.07, 6.45) is 57.7. The number of carbonyl (C=O) groups is 2. The Kier molecular flexibility index (Phi) is 47.6. The number of hydrogen-bond donors (Lipinski definition) is 3. The van der Waals surface area contributed by atoms with E-state index in [1.165, 1.54) is 161 Å². The van der Waals surface area contributed by atoms with Crippen LogP contribution in [0.4, 0.5) is 0 Å². The average molecular weight is 858 g/mol. The summed E-state index contributed by atoms with van der Waals surface area (Å²) in [5, 5.41) is 23.8. The van der Waals surface area contributed by atoms with Crippen molar-refractivity contribution < 1.29 is 24.5 Å². The molecule has 0 saturated carbocycles. The molecule has 6 heteroatoms. The number of allylic oxidation sites excluding steroid dienone is 6. The Morgan fingerprint density at radius 3 is 1.26 bits per heavy atom. The maximum Gasteiger partial charge on any atom is 0.306 e. The minimum atomic E-state index is -0.794. The van der Waals surface area contributed by atoms with Crippen LogP contribution >= 0.6 is 0 Å². The van der Waals surface area contributed by atoms with E-state index in [-0.39, 0.29) is 24.9 Å². The van der Waals surface area contributed by atoms with Crippen molar-refractivity contribution in [2.24, 2.45) is 0 Å². The van der Waals surface area contributed by atoms with Crippen molar-refractivity contribution in [3.63, 3.8) is 0 Å². The largest absolute Gasteiger partial charge is 0.462 e. The molecule has 3 unspecified atom stereocenters. The van der Waals surface area contributed by atoms with Crippen LogP contribution in [0.5, 0.6) is 0 Å². The van der Waals surface area contributed by atoms with Crippen LogP contribution in [-0.2, 0) is 14.3 Å². The highest BCUT2D eigenvalue weighted by molar-refractivity contribution is 5.77. The number of aliphatic hydroxyl groups excluding tert-OH is 2. The summed E-state index contributed by atoms with van der Waals surface area (Å²) in [5.41, 5.74) is 0. The third-order valence-electron chi connectivity index (χ3n) is 12.3. The SMILES string of the molecule is CCCCCCC/C=C/C=C/C=C/CCCCCC(CC(=O)NC(CO)C(O)CCCCCCCCCCCCCCCCC)OC(=O)CCCCCCCCCCCCC. The Labute approximate surface area is 379 Å². The van der Waals surface area contributed by atoms with Crippen LogP contribution in [0.3, 0.4) is 0 Å². The van der Waals surface area contributed by atoms with Crippen molar-refractivity contribution in [2.45, 2.75) is 296 Å². The van der Waals surface area contributed by atoms with Gasteiger partial charge in [0, 0.05) is 6.42 Å². The molecule has 0 saturated heterocycles. The second-order valence-electron chi connectivity index (χ2n) is 18.3. The molecule has 3 N–H and O–H groups in total. The van der Waals surface area contributed by atoms with Crippen LogP contribution in [0.25, 0.3) is 0 Å².